The first-order valence-corrected chi connectivity index (χ1v) is 9.99. The van der Waals surface area contributed by atoms with E-state index in [0.29, 0.717) is 18.0 Å². The molecule has 1 amide bonds. The van der Waals surface area contributed by atoms with Crippen molar-refractivity contribution in [1.29, 1.82) is 0 Å². The van der Waals surface area contributed by atoms with E-state index >= 15 is 0 Å². The predicted molar refractivity (Wildman–Crippen MR) is 93.3 cm³/mol. The zero-order valence-corrected chi connectivity index (χ0v) is 14.9. The summed E-state index contributed by atoms with van der Waals surface area (Å²) >= 11 is 0.950. The Balaban J connectivity index is 1.96. The highest BCUT2D eigenvalue weighted by molar-refractivity contribution is 7.91. The molecule has 2 aromatic rings. The molecule has 0 spiro atoms. The second-order valence-electron chi connectivity index (χ2n) is 5.68. The summed E-state index contributed by atoms with van der Waals surface area (Å²) in [6.45, 7) is 3.68. The van der Waals surface area contributed by atoms with Gasteiger partial charge in [-0.15, -0.1) is 11.3 Å². The predicted octanol–water partition coefficient (Wildman–Crippen LogP) is 1.70. The monoisotopic (exact) mass is 365 g/mol. The van der Waals surface area contributed by atoms with E-state index < -0.39 is 10.0 Å². The molecule has 1 aromatic carbocycles. The van der Waals surface area contributed by atoms with Crippen LogP contribution in [0.1, 0.15) is 33.8 Å². The van der Waals surface area contributed by atoms with Crippen LogP contribution in [0.3, 0.4) is 0 Å². The third-order valence-electron chi connectivity index (χ3n) is 3.95. The third kappa shape index (κ3) is 3.36. The molecule has 1 aromatic heterocycles. The maximum Gasteiger partial charge on any atom is 0.264 e. The Hall–Kier alpha value is -1.74. The van der Waals surface area contributed by atoms with Crippen LogP contribution in [-0.4, -0.2) is 32.3 Å². The number of hydrogen-bond acceptors (Lipinski definition) is 5. The van der Waals surface area contributed by atoms with Gasteiger partial charge in [-0.1, -0.05) is 37.3 Å². The fourth-order valence-corrected chi connectivity index (χ4v) is 4.78. The number of thiophene rings is 1. The third-order valence-corrected chi connectivity index (χ3v) is 6.50. The van der Waals surface area contributed by atoms with Gasteiger partial charge in [-0.3, -0.25) is 4.79 Å². The largest absolute Gasteiger partial charge is 0.332 e. The van der Waals surface area contributed by atoms with Gasteiger partial charge in [-0.2, -0.15) is 0 Å². The number of hydrogen-bond donors (Lipinski definition) is 2. The second-order valence-corrected chi connectivity index (χ2v) is 8.52. The molecular weight excluding hydrogens is 346 g/mol. The summed E-state index contributed by atoms with van der Waals surface area (Å²) < 4.78 is 23.3. The SMILES string of the molecule is CCNC1CN(Cc2ccccc2)C(=O)c2sc(S(N)(=O)=O)cc21. The molecule has 128 valence electrons. The molecule has 6 nitrogen and oxygen atoms in total. The van der Waals surface area contributed by atoms with E-state index in [1.165, 1.54) is 6.07 Å². The Morgan fingerprint density at radius 1 is 1.33 bits per heavy atom. The van der Waals surface area contributed by atoms with Crippen LogP contribution in [0.2, 0.25) is 0 Å². The maximum atomic E-state index is 12.8. The molecule has 0 fully saturated rings. The fourth-order valence-electron chi connectivity index (χ4n) is 2.85. The van der Waals surface area contributed by atoms with Gasteiger partial charge in [0, 0.05) is 13.1 Å². The highest BCUT2D eigenvalue weighted by Gasteiger charge is 2.34. The first-order chi connectivity index (χ1) is 11.4. The molecule has 0 saturated heterocycles. The number of sulfonamides is 1. The molecule has 1 unspecified atom stereocenters. The van der Waals surface area contributed by atoms with Crippen molar-refractivity contribution in [2.75, 3.05) is 13.1 Å². The lowest BCUT2D eigenvalue weighted by Crippen LogP contribution is -2.43. The van der Waals surface area contributed by atoms with E-state index in [2.05, 4.69) is 5.32 Å². The lowest BCUT2D eigenvalue weighted by atomic mass is 10.0. The molecule has 2 heterocycles. The van der Waals surface area contributed by atoms with Crippen LogP contribution >= 0.6 is 11.3 Å². The normalized spacial score (nSPS) is 17.8. The van der Waals surface area contributed by atoms with Gasteiger partial charge in [0.15, 0.2) is 0 Å². The Morgan fingerprint density at radius 2 is 2.04 bits per heavy atom. The van der Waals surface area contributed by atoms with Crippen molar-refractivity contribution in [3.8, 4) is 0 Å². The highest BCUT2D eigenvalue weighted by atomic mass is 32.2. The fraction of sp³-hybridized carbons (Fsp3) is 0.312. The van der Waals surface area contributed by atoms with E-state index in [0.717, 1.165) is 29.0 Å². The van der Waals surface area contributed by atoms with Crippen molar-refractivity contribution in [3.05, 3.63) is 52.4 Å². The van der Waals surface area contributed by atoms with Gasteiger partial charge >= 0.3 is 0 Å². The second kappa shape index (κ2) is 6.64. The number of nitrogens with two attached hydrogens (primary N) is 1. The number of carbonyl (C=O) groups is 1. The molecule has 0 saturated carbocycles. The molecule has 0 bridgehead atoms. The summed E-state index contributed by atoms with van der Waals surface area (Å²) in [5, 5.41) is 8.55. The molecule has 1 aliphatic rings. The van der Waals surface area contributed by atoms with Crippen LogP contribution in [0.25, 0.3) is 0 Å². The molecule has 3 rings (SSSR count). The Morgan fingerprint density at radius 3 is 2.67 bits per heavy atom. The number of amides is 1. The van der Waals surface area contributed by atoms with Gasteiger partial charge in [-0.05, 0) is 23.7 Å². The van der Waals surface area contributed by atoms with Crippen LogP contribution in [0.5, 0.6) is 0 Å². The summed E-state index contributed by atoms with van der Waals surface area (Å²) in [5.41, 5.74) is 1.76. The zero-order valence-electron chi connectivity index (χ0n) is 13.2. The van der Waals surface area contributed by atoms with E-state index in [-0.39, 0.29) is 16.2 Å². The number of nitrogens with one attached hydrogen (secondary N) is 1. The van der Waals surface area contributed by atoms with E-state index in [9.17, 15) is 13.2 Å². The summed E-state index contributed by atoms with van der Waals surface area (Å²) in [4.78, 5) is 15.0. The number of carbonyl (C=O) groups excluding carboxylic acids is 1. The minimum Gasteiger partial charge on any atom is -0.332 e. The van der Waals surface area contributed by atoms with E-state index in [1.807, 2.05) is 37.3 Å². The van der Waals surface area contributed by atoms with Crippen LogP contribution in [-0.2, 0) is 16.6 Å². The standard InChI is InChI=1S/C16H19N3O3S2/c1-2-18-13-10-19(9-11-6-4-3-5-7-11)16(20)15-12(13)8-14(23-15)24(17,21)22/h3-8,13,18H,2,9-10H2,1H3,(H2,17,21,22). The average Bonchev–Trinajstić information content (AvgIpc) is 2.99. The lowest BCUT2D eigenvalue weighted by Gasteiger charge is -2.33. The van der Waals surface area contributed by atoms with Gasteiger partial charge in [0.05, 0.1) is 10.9 Å². The molecule has 3 N–H and O–H groups in total. The zero-order chi connectivity index (χ0) is 17.3. The van der Waals surface area contributed by atoms with Crippen molar-refractivity contribution in [2.45, 2.75) is 23.7 Å². The number of nitrogens with zero attached hydrogens (tertiary/aromatic N) is 1. The number of primary sulfonamides is 1. The van der Waals surface area contributed by atoms with E-state index in [4.69, 9.17) is 5.14 Å². The van der Waals surface area contributed by atoms with Crippen molar-refractivity contribution in [2.24, 2.45) is 5.14 Å². The summed E-state index contributed by atoms with van der Waals surface area (Å²) in [6.07, 6.45) is 0. The van der Waals surface area contributed by atoms with Crippen LogP contribution in [0, 0.1) is 0 Å². The summed E-state index contributed by atoms with van der Waals surface area (Å²) in [5.74, 6) is -0.150. The van der Waals surface area contributed by atoms with Crippen molar-refractivity contribution < 1.29 is 13.2 Å². The minimum absolute atomic E-state index is 0.0327. The highest BCUT2D eigenvalue weighted by Crippen LogP contribution is 2.35. The van der Waals surface area contributed by atoms with Crippen LogP contribution in [0.4, 0.5) is 0 Å². The van der Waals surface area contributed by atoms with Crippen LogP contribution < -0.4 is 10.5 Å². The number of benzene rings is 1. The average molecular weight is 365 g/mol. The minimum atomic E-state index is -3.82. The van der Waals surface area contributed by atoms with Gasteiger partial charge in [0.2, 0.25) is 10.0 Å². The van der Waals surface area contributed by atoms with Gasteiger partial charge < -0.3 is 10.2 Å². The Bertz CT molecular complexity index is 847. The topological polar surface area (TPSA) is 92.5 Å². The lowest BCUT2D eigenvalue weighted by molar-refractivity contribution is 0.0704. The first kappa shape index (κ1) is 17.1. The smallest absolute Gasteiger partial charge is 0.264 e. The van der Waals surface area contributed by atoms with Crippen molar-refractivity contribution >= 4 is 27.3 Å². The molecule has 1 aliphatic heterocycles. The first-order valence-electron chi connectivity index (χ1n) is 7.63. The molecule has 24 heavy (non-hydrogen) atoms. The maximum absolute atomic E-state index is 12.8. The Labute approximate surface area is 145 Å². The number of rotatable bonds is 5. The molecular formula is C16H19N3O3S2. The van der Waals surface area contributed by atoms with Crippen LogP contribution in [0.15, 0.2) is 40.6 Å². The van der Waals surface area contributed by atoms with Gasteiger partial charge in [0.1, 0.15) is 4.21 Å². The summed E-state index contributed by atoms with van der Waals surface area (Å²) in [7, 11) is -3.82. The number of fused-ring (bicyclic) bond motifs is 1. The molecule has 0 radical (unpaired) electrons. The quantitative estimate of drug-likeness (QED) is 0.843. The van der Waals surface area contributed by atoms with Crippen molar-refractivity contribution in [3.63, 3.8) is 0 Å². The van der Waals surface area contributed by atoms with Crippen molar-refractivity contribution in [1.82, 2.24) is 10.2 Å². The number of likely N-dealkylation sites (N-methyl/N-ethyl adjacent to an activating group) is 1. The van der Waals surface area contributed by atoms with E-state index in [1.54, 1.807) is 4.90 Å². The summed E-state index contributed by atoms with van der Waals surface area (Å²) in [6, 6.07) is 11.2. The molecule has 1 atom stereocenters. The van der Waals surface area contributed by atoms with Gasteiger partial charge in [-0.25, -0.2) is 13.6 Å². The molecule has 0 aliphatic carbocycles. The Kier molecular flexibility index (Phi) is 4.73. The molecule has 8 heteroatoms. The van der Waals surface area contributed by atoms with Gasteiger partial charge in [0.25, 0.3) is 5.91 Å².